The zero-order chi connectivity index (χ0) is 22.1. The van der Waals surface area contributed by atoms with Crippen LogP contribution in [0, 0.1) is 5.82 Å². The number of fused-ring (bicyclic) bond motifs is 1. The third-order valence-corrected chi connectivity index (χ3v) is 5.78. The van der Waals surface area contributed by atoms with Gasteiger partial charge in [0, 0.05) is 36.0 Å². The number of carbonyl (C=O) groups is 1. The summed E-state index contributed by atoms with van der Waals surface area (Å²) in [5.74, 6) is -0.893. The minimum Gasteiger partial charge on any atom is -0.372 e. The van der Waals surface area contributed by atoms with Crippen LogP contribution in [0.4, 0.5) is 21.7 Å². The lowest BCUT2D eigenvalue weighted by atomic mass is 10.1. The van der Waals surface area contributed by atoms with Crippen LogP contribution in [-0.4, -0.2) is 33.5 Å². The zero-order valence-corrected chi connectivity index (χ0v) is 17.5. The molecule has 0 radical (unpaired) electrons. The van der Waals surface area contributed by atoms with E-state index in [4.69, 9.17) is 5.73 Å². The van der Waals surface area contributed by atoms with Gasteiger partial charge in [-0.25, -0.2) is 9.37 Å². The third kappa shape index (κ3) is 3.75. The van der Waals surface area contributed by atoms with Crippen molar-refractivity contribution in [3.8, 4) is 5.82 Å². The molecule has 3 N–H and O–H groups in total. The summed E-state index contributed by atoms with van der Waals surface area (Å²) in [6, 6.07) is 15.2. The fourth-order valence-electron chi connectivity index (χ4n) is 4.18. The molecule has 5 rings (SSSR count). The lowest BCUT2D eigenvalue weighted by Crippen LogP contribution is -2.29. The first-order valence-electron chi connectivity index (χ1n) is 10.6. The largest absolute Gasteiger partial charge is 0.372 e. The summed E-state index contributed by atoms with van der Waals surface area (Å²) in [5, 5.41) is 3.78. The van der Waals surface area contributed by atoms with Crippen molar-refractivity contribution in [1.82, 2.24) is 14.5 Å². The average molecular weight is 430 g/mol. The summed E-state index contributed by atoms with van der Waals surface area (Å²) in [6.07, 6.45) is 6.36. The molecule has 4 aromatic rings. The summed E-state index contributed by atoms with van der Waals surface area (Å²) in [5.41, 5.74) is 8.45. The van der Waals surface area contributed by atoms with Crippen molar-refractivity contribution in [2.24, 2.45) is 5.73 Å². The van der Waals surface area contributed by atoms with Gasteiger partial charge in [-0.15, -0.1) is 0 Å². The molecule has 0 aliphatic carbocycles. The predicted octanol–water partition coefficient (Wildman–Crippen LogP) is 4.39. The highest BCUT2D eigenvalue weighted by Gasteiger charge is 2.17. The molecule has 0 bridgehead atoms. The molecule has 2 aromatic heterocycles. The van der Waals surface area contributed by atoms with Crippen LogP contribution in [0.5, 0.6) is 0 Å². The quantitative estimate of drug-likeness (QED) is 0.490. The zero-order valence-electron chi connectivity index (χ0n) is 17.5. The van der Waals surface area contributed by atoms with E-state index in [9.17, 15) is 9.18 Å². The second-order valence-corrected chi connectivity index (χ2v) is 7.88. The fourth-order valence-corrected chi connectivity index (χ4v) is 4.18. The molecule has 7 nitrogen and oxygen atoms in total. The first-order valence-corrected chi connectivity index (χ1v) is 10.6. The number of rotatable bonds is 5. The monoisotopic (exact) mass is 430 g/mol. The molecule has 0 spiro atoms. The van der Waals surface area contributed by atoms with Crippen molar-refractivity contribution >= 4 is 34.1 Å². The standard InChI is InChI=1S/C24H23FN6O/c25-20-14-27-24(28-16-8-10-17(11-9-16)30-12-4-1-5-13-30)29-23(20)31-15-19(22(26)32)18-6-2-3-7-21(18)31/h2-3,6-11,14-15H,1,4-5,12-13H2,(H2,26,32)(H,27,28,29). The van der Waals surface area contributed by atoms with Crippen LogP contribution in [0.3, 0.4) is 0 Å². The third-order valence-electron chi connectivity index (χ3n) is 5.78. The first-order chi connectivity index (χ1) is 15.6. The van der Waals surface area contributed by atoms with Gasteiger partial charge >= 0.3 is 0 Å². The number of nitrogens with two attached hydrogens (primary N) is 1. The Labute approximate surface area is 184 Å². The number of aromatic nitrogens is 3. The van der Waals surface area contributed by atoms with E-state index in [-0.39, 0.29) is 11.8 Å². The van der Waals surface area contributed by atoms with Crippen LogP contribution < -0.4 is 16.0 Å². The lowest BCUT2D eigenvalue weighted by molar-refractivity contribution is 0.100. The van der Waals surface area contributed by atoms with Gasteiger partial charge in [0.15, 0.2) is 11.6 Å². The van der Waals surface area contributed by atoms with Crippen molar-refractivity contribution < 1.29 is 9.18 Å². The van der Waals surface area contributed by atoms with E-state index in [1.54, 1.807) is 18.2 Å². The summed E-state index contributed by atoms with van der Waals surface area (Å²) in [6.45, 7) is 2.16. The molecular formula is C24H23FN6O. The fraction of sp³-hybridized carbons (Fsp3) is 0.208. The first kappa shape index (κ1) is 20.0. The molecular weight excluding hydrogens is 407 g/mol. The number of halogens is 1. The number of benzene rings is 2. The van der Waals surface area contributed by atoms with Gasteiger partial charge < -0.3 is 16.0 Å². The molecule has 0 unspecified atom stereocenters. The Balaban J connectivity index is 1.45. The predicted molar refractivity (Wildman–Crippen MR) is 123 cm³/mol. The van der Waals surface area contributed by atoms with Gasteiger partial charge in [-0.3, -0.25) is 9.36 Å². The maximum Gasteiger partial charge on any atom is 0.250 e. The molecule has 2 aromatic carbocycles. The maximum atomic E-state index is 14.7. The molecule has 3 heterocycles. The molecule has 1 amide bonds. The van der Waals surface area contributed by atoms with E-state index in [1.807, 2.05) is 18.2 Å². The van der Waals surface area contributed by atoms with Crippen molar-refractivity contribution in [3.05, 3.63) is 72.3 Å². The van der Waals surface area contributed by atoms with Gasteiger partial charge in [0.2, 0.25) is 5.95 Å². The molecule has 1 aliphatic heterocycles. The molecule has 0 saturated carbocycles. The summed E-state index contributed by atoms with van der Waals surface area (Å²) < 4.78 is 16.2. The van der Waals surface area contributed by atoms with Gasteiger partial charge in [-0.2, -0.15) is 4.98 Å². The highest BCUT2D eigenvalue weighted by Crippen LogP contribution is 2.27. The Morgan fingerprint density at radius 1 is 1.03 bits per heavy atom. The number of para-hydroxylation sites is 1. The summed E-state index contributed by atoms with van der Waals surface area (Å²) in [4.78, 5) is 22.7. The Bertz CT molecular complexity index is 1280. The van der Waals surface area contributed by atoms with Gasteiger partial charge in [-0.1, -0.05) is 18.2 Å². The Hall–Kier alpha value is -3.94. The number of hydrogen-bond donors (Lipinski definition) is 2. The van der Waals surface area contributed by atoms with Crippen molar-refractivity contribution in [2.75, 3.05) is 23.3 Å². The minimum absolute atomic E-state index is 0.0381. The smallest absolute Gasteiger partial charge is 0.250 e. The van der Waals surface area contributed by atoms with Crippen LogP contribution in [0.15, 0.2) is 60.9 Å². The molecule has 8 heteroatoms. The Morgan fingerprint density at radius 2 is 1.78 bits per heavy atom. The lowest BCUT2D eigenvalue weighted by Gasteiger charge is -2.28. The van der Waals surface area contributed by atoms with Crippen LogP contribution in [0.2, 0.25) is 0 Å². The highest BCUT2D eigenvalue weighted by molar-refractivity contribution is 6.06. The Kier molecular flexibility index (Phi) is 5.18. The van der Waals surface area contributed by atoms with Crippen LogP contribution in [0.25, 0.3) is 16.7 Å². The number of hydrogen-bond acceptors (Lipinski definition) is 5. The van der Waals surface area contributed by atoms with Crippen LogP contribution in [0.1, 0.15) is 29.6 Å². The molecule has 1 aliphatic rings. The minimum atomic E-state index is -0.604. The van der Waals surface area contributed by atoms with E-state index in [2.05, 4.69) is 32.3 Å². The molecule has 1 fully saturated rings. The second kappa shape index (κ2) is 8.30. The van der Waals surface area contributed by atoms with E-state index >= 15 is 0 Å². The van der Waals surface area contributed by atoms with Crippen molar-refractivity contribution in [2.45, 2.75) is 19.3 Å². The summed E-state index contributed by atoms with van der Waals surface area (Å²) >= 11 is 0. The normalized spacial score (nSPS) is 14.0. The van der Waals surface area contributed by atoms with Gasteiger partial charge in [0.1, 0.15) is 0 Å². The van der Waals surface area contributed by atoms with Crippen LogP contribution in [-0.2, 0) is 0 Å². The number of carbonyl (C=O) groups excluding carboxylic acids is 1. The summed E-state index contributed by atoms with van der Waals surface area (Å²) in [7, 11) is 0. The van der Waals surface area contributed by atoms with Gasteiger partial charge in [0.25, 0.3) is 5.91 Å². The van der Waals surface area contributed by atoms with Crippen LogP contribution >= 0.6 is 0 Å². The SMILES string of the molecule is NC(=O)c1cn(-c2nc(Nc3ccc(N4CCCCC4)cc3)ncc2F)c2ccccc12. The average Bonchev–Trinajstić information content (AvgIpc) is 3.21. The number of primary amides is 1. The number of anilines is 3. The Morgan fingerprint density at radius 3 is 2.53 bits per heavy atom. The van der Waals surface area contributed by atoms with Gasteiger partial charge in [0.05, 0.1) is 17.3 Å². The van der Waals surface area contributed by atoms with Crippen molar-refractivity contribution in [3.63, 3.8) is 0 Å². The molecule has 1 saturated heterocycles. The van der Waals surface area contributed by atoms with E-state index in [0.717, 1.165) is 25.0 Å². The number of nitrogens with one attached hydrogen (secondary N) is 1. The molecule has 162 valence electrons. The number of piperidine rings is 1. The second-order valence-electron chi connectivity index (χ2n) is 7.88. The maximum absolute atomic E-state index is 14.7. The van der Waals surface area contributed by atoms with E-state index in [1.165, 1.54) is 35.7 Å². The van der Waals surface area contributed by atoms with Crippen molar-refractivity contribution in [1.29, 1.82) is 0 Å². The topological polar surface area (TPSA) is 89.1 Å². The van der Waals surface area contributed by atoms with Gasteiger partial charge in [-0.05, 0) is 49.6 Å². The van der Waals surface area contributed by atoms with E-state index in [0.29, 0.717) is 16.5 Å². The number of amides is 1. The molecule has 0 atom stereocenters. The number of nitrogens with zero attached hydrogens (tertiary/aromatic N) is 4. The highest BCUT2D eigenvalue weighted by atomic mass is 19.1. The van der Waals surface area contributed by atoms with E-state index < -0.39 is 11.7 Å². The molecule has 32 heavy (non-hydrogen) atoms.